The second kappa shape index (κ2) is 3.35. The van der Waals surface area contributed by atoms with Gasteiger partial charge in [0.2, 0.25) is 0 Å². The molecule has 12 heavy (non-hydrogen) atoms. The quantitative estimate of drug-likeness (QED) is 0.618. The SMILES string of the molecule is C[C@@H]1C[C@H](C[N+](C)(C)C)C[C@@H]1O. The molecule has 2 nitrogen and oxygen atoms in total. The molecule has 0 radical (unpaired) electrons. The van der Waals surface area contributed by atoms with Crippen LogP contribution in [0.15, 0.2) is 0 Å². The Hall–Kier alpha value is -0.0800. The van der Waals surface area contributed by atoms with Gasteiger partial charge in [0.25, 0.3) is 0 Å². The molecule has 0 aromatic rings. The van der Waals surface area contributed by atoms with Crippen LogP contribution in [0.1, 0.15) is 19.8 Å². The van der Waals surface area contributed by atoms with Crippen LogP contribution in [0, 0.1) is 11.8 Å². The topological polar surface area (TPSA) is 20.2 Å². The van der Waals surface area contributed by atoms with Crippen LogP contribution < -0.4 is 0 Å². The van der Waals surface area contributed by atoms with Crippen LogP contribution in [-0.2, 0) is 0 Å². The average molecular weight is 172 g/mol. The second-order valence-corrected chi connectivity index (χ2v) is 5.35. The Morgan fingerprint density at radius 2 is 1.83 bits per heavy atom. The molecular weight excluding hydrogens is 150 g/mol. The third kappa shape index (κ3) is 2.76. The van der Waals surface area contributed by atoms with Crippen molar-refractivity contribution in [1.29, 1.82) is 0 Å². The molecule has 0 aromatic heterocycles. The average Bonchev–Trinajstić information content (AvgIpc) is 2.07. The van der Waals surface area contributed by atoms with E-state index in [9.17, 15) is 5.11 Å². The van der Waals surface area contributed by atoms with Crippen LogP contribution >= 0.6 is 0 Å². The fourth-order valence-electron chi connectivity index (χ4n) is 2.28. The van der Waals surface area contributed by atoms with E-state index in [1.165, 1.54) is 13.0 Å². The van der Waals surface area contributed by atoms with Gasteiger partial charge in [0.1, 0.15) is 0 Å². The van der Waals surface area contributed by atoms with E-state index < -0.39 is 0 Å². The molecule has 1 aliphatic rings. The highest BCUT2D eigenvalue weighted by Gasteiger charge is 2.32. The van der Waals surface area contributed by atoms with E-state index in [2.05, 4.69) is 28.1 Å². The molecule has 1 N–H and O–H groups in total. The lowest BCUT2D eigenvalue weighted by atomic mass is 10.1. The van der Waals surface area contributed by atoms with E-state index in [1.807, 2.05) is 0 Å². The Balaban J connectivity index is 2.38. The van der Waals surface area contributed by atoms with Crippen molar-refractivity contribution < 1.29 is 9.59 Å². The van der Waals surface area contributed by atoms with Crippen LogP contribution in [0.2, 0.25) is 0 Å². The molecule has 0 saturated heterocycles. The molecule has 0 heterocycles. The molecule has 3 atom stereocenters. The maximum Gasteiger partial charge on any atom is 0.0810 e. The van der Waals surface area contributed by atoms with Crippen LogP contribution in [0.5, 0.6) is 0 Å². The van der Waals surface area contributed by atoms with E-state index in [4.69, 9.17) is 0 Å². The summed E-state index contributed by atoms with van der Waals surface area (Å²) in [5.74, 6) is 1.25. The van der Waals surface area contributed by atoms with Gasteiger partial charge in [-0.25, -0.2) is 0 Å². The number of nitrogens with zero attached hydrogens (tertiary/aromatic N) is 1. The van der Waals surface area contributed by atoms with E-state index in [0.717, 1.165) is 16.8 Å². The van der Waals surface area contributed by atoms with Crippen LogP contribution in [0.3, 0.4) is 0 Å². The third-order valence-electron chi connectivity index (χ3n) is 2.74. The summed E-state index contributed by atoms with van der Waals surface area (Å²) in [6.07, 6.45) is 2.18. The van der Waals surface area contributed by atoms with Crippen molar-refractivity contribution >= 4 is 0 Å². The minimum absolute atomic E-state index is 0.0402. The Morgan fingerprint density at radius 3 is 2.17 bits per heavy atom. The van der Waals surface area contributed by atoms with Gasteiger partial charge in [0.05, 0.1) is 33.8 Å². The number of quaternary nitrogens is 1. The fraction of sp³-hybridized carbons (Fsp3) is 1.00. The van der Waals surface area contributed by atoms with Crippen molar-refractivity contribution in [3.05, 3.63) is 0 Å². The first-order chi connectivity index (χ1) is 5.38. The van der Waals surface area contributed by atoms with Crippen LogP contribution in [-0.4, -0.2) is 43.4 Å². The normalized spacial score (nSPS) is 37.2. The van der Waals surface area contributed by atoms with E-state index >= 15 is 0 Å². The number of aliphatic hydroxyl groups is 1. The summed E-state index contributed by atoms with van der Waals surface area (Å²) in [6, 6.07) is 0. The highest BCUT2D eigenvalue weighted by molar-refractivity contribution is 4.80. The van der Waals surface area contributed by atoms with Crippen molar-refractivity contribution in [2.24, 2.45) is 11.8 Å². The van der Waals surface area contributed by atoms with Crippen molar-refractivity contribution in [2.75, 3.05) is 27.7 Å². The molecule has 0 bridgehead atoms. The summed E-state index contributed by atoms with van der Waals surface area (Å²) >= 11 is 0. The zero-order valence-electron chi connectivity index (χ0n) is 8.75. The van der Waals surface area contributed by atoms with E-state index in [1.54, 1.807) is 0 Å². The molecule has 1 fully saturated rings. The Bertz CT molecular complexity index is 140. The van der Waals surface area contributed by atoms with Crippen molar-refractivity contribution in [3.63, 3.8) is 0 Å². The molecule has 1 aliphatic carbocycles. The van der Waals surface area contributed by atoms with Gasteiger partial charge in [-0.05, 0) is 18.8 Å². The van der Waals surface area contributed by atoms with Gasteiger partial charge >= 0.3 is 0 Å². The maximum absolute atomic E-state index is 9.56. The fourth-order valence-corrected chi connectivity index (χ4v) is 2.28. The van der Waals surface area contributed by atoms with Gasteiger partial charge in [-0.3, -0.25) is 0 Å². The minimum Gasteiger partial charge on any atom is -0.393 e. The molecule has 2 heteroatoms. The maximum atomic E-state index is 9.56. The monoisotopic (exact) mass is 172 g/mol. The molecular formula is C10H22NO+. The summed E-state index contributed by atoms with van der Waals surface area (Å²) in [7, 11) is 6.65. The minimum atomic E-state index is -0.0402. The number of aliphatic hydroxyl groups excluding tert-OH is 1. The molecule has 0 amide bonds. The van der Waals surface area contributed by atoms with Gasteiger partial charge in [-0.15, -0.1) is 0 Å². The zero-order valence-corrected chi connectivity index (χ0v) is 8.75. The smallest absolute Gasteiger partial charge is 0.0810 e. The first-order valence-electron chi connectivity index (χ1n) is 4.87. The van der Waals surface area contributed by atoms with Gasteiger partial charge in [-0.2, -0.15) is 0 Å². The van der Waals surface area contributed by atoms with Gasteiger partial charge in [-0.1, -0.05) is 6.92 Å². The van der Waals surface area contributed by atoms with Crippen molar-refractivity contribution in [3.8, 4) is 0 Å². The summed E-state index contributed by atoms with van der Waals surface area (Å²) in [5.41, 5.74) is 0. The van der Waals surface area contributed by atoms with Crippen LogP contribution in [0.4, 0.5) is 0 Å². The predicted molar refractivity (Wildman–Crippen MR) is 50.8 cm³/mol. The molecule has 0 aromatic carbocycles. The second-order valence-electron chi connectivity index (χ2n) is 5.35. The van der Waals surface area contributed by atoms with Gasteiger partial charge in [0, 0.05) is 5.92 Å². The first kappa shape index (κ1) is 10.0. The number of rotatable bonds is 2. The third-order valence-corrected chi connectivity index (χ3v) is 2.74. The molecule has 1 saturated carbocycles. The number of hydrogen-bond acceptors (Lipinski definition) is 1. The highest BCUT2D eigenvalue weighted by Crippen LogP contribution is 2.31. The molecule has 1 rings (SSSR count). The van der Waals surface area contributed by atoms with Crippen molar-refractivity contribution in [2.45, 2.75) is 25.9 Å². The Kier molecular flexibility index (Phi) is 2.79. The molecule has 0 spiro atoms. The zero-order chi connectivity index (χ0) is 9.35. The lowest BCUT2D eigenvalue weighted by Crippen LogP contribution is -2.38. The molecule has 72 valence electrons. The summed E-state index contributed by atoms with van der Waals surface area (Å²) in [5, 5.41) is 9.56. The summed E-state index contributed by atoms with van der Waals surface area (Å²) < 4.78 is 1.02. The Morgan fingerprint density at radius 1 is 1.25 bits per heavy atom. The predicted octanol–water partition coefficient (Wildman–Crippen LogP) is 1.10. The van der Waals surface area contributed by atoms with Gasteiger partial charge in [0.15, 0.2) is 0 Å². The summed E-state index contributed by atoms with van der Waals surface area (Å²) in [4.78, 5) is 0. The Labute approximate surface area is 75.8 Å². The molecule has 0 aliphatic heterocycles. The number of hydrogen-bond donors (Lipinski definition) is 1. The van der Waals surface area contributed by atoms with Gasteiger partial charge < -0.3 is 9.59 Å². The lowest BCUT2D eigenvalue weighted by Gasteiger charge is -2.27. The molecule has 0 unspecified atom stereocenters. The van der Waals surface area contributed by atoms with E-state index in [0.29, 0.717) is 5.92 Å². The van der Waals surface area contributed by atoms with Crippen molar-refractivity contribution in [1.82, 2.24) is 0 Å². The standard InChI is InChI=1S/C10H22NO/c1-8-5-9(6-10(8)12)7-11(2,3)4/h8-10,12H,5-7H2,1-4H3/q+1/t8-,9+,10+/m1/s1. The largest absolute Gasteiger partial charge is 0.393 e. The van der Waals surface area contributed by atoms with Crippen LogP contribution in [0.25, 0.3) is 0 Å². The highest BCUT2D eigenvalue weighted by atomic mass is 16.3. The lowest BCUT2D eigenvalue weighted by molar-refractivity contribution is -0.873. The van der Waals surface area contributed by atoms with E-state index in [-0.39, 0.29) is 6.10 Å². The first-order valence-corrected chi connectivity index (χ1v) is 4.87. The summed E-state index contributed by atoms with van der Waals surface area (Å²) in [6.45, 7) is 3.35.